The van der Waals surface area contributed by atoms with Crippen molar-refractivity contribution in [2.45, 2.75) is 19.5 Å². The highest BCUT2D eigenvalue weighted by Crippen LogP contribution is 2.22. The highest BCUT2D eigenvalue weighted by molar-refractivity contribution is 9.10. The Labute approximate surface area is 108 Å². The monoisotopic (exact) mass is 297 g/mol. The standard InChI is InChI=1S/C12H13BrFN3/c1-2-17-6-11(16-7-17)12(15)8-3-9(13)5-10(14)4-8/h3-7,12H,2,15H2,1H3. The van der Waals surface area contributed by atoms with Crippen LogP contribution in [0, 0.1) is 5.82 Å². The molecule has 1 heterocycles. The first kappa shape index (κ1) is 12.3. The second-order valence-corrected chi connectivity index (χ2v) is 4.73. The van der Waals surface area contributed by atoms with Gasteiger partial charge in [0.2, 0.25) is 0 Å². The first-order valence-corrected chi connectivity index (χ1v) is 6.12. The van der Waals surface area contributed by atoms with Crippen molar-refractivity contribution in [1.82, 2.24) is 9.55 Å². The van der Waals surface area contributed by atoms with Gasteiger partial charge in [0.25, 0.3) is 0 Å². The van der Waals surface area contributed by atoms with E-state index in [1.807, 2.05) is 17.7 Å². The van der Waals surface area contributed by atoms with Crippen molar-refractivity contribution in [2.24, 2.45) is 5.73 Å². The minimum Gasteiger partial charge on any atom is -0.337 e. The number of aromatic nitrogens is 2. The van der Waals surface area contributed by atoms with Gasteiger partial charge in [0.15, 0.2) is 0 Å². The number of halogens is 2. The summed E-state index contributed by atoms with van der Waals surface area (Å²) in [4.78, 5) is 4.22. The molecule has 2 aromatic rings. The summed E-state index contributed by atoms with van der Waals surface area (Å²) in [6.45, 7) is 2.86. The van der Waals surface area contributed by atoms with Crippen molar-refractivity contribution >= 4 is 15.9 Å². The zero-order chi connectivity index (χ0) is 12.4. The molecule has 3 nitrogen and oxygen atoms in total. The molecule has 0 saturated carbocycles. The number of rotatable bonds is 3. The number of hydrogen-bond donors (Lipinski definition) is 1. The molecule has 1 aromatic carbocycles. The molecule has 90 valence electrons. The third kappa shape index (κ3) is 2.73. The number of nitrogens with zero attached hydrogens (tertiary/aromatic N) is 2. The van der Waals surface area contributed by atoms with Crippen molar-refractivity contribution in [3.63, 3.8) is 0 Å². The van der Waals surface area contributed by atoms with Gasteiger partial charge in [-0.05, 0) is 30.7 Å². The molecule has 1 aromatic heterocycles. The molecule has 5 heteroatoms. The topological polar surface area (TPSA) is 43.8 Å². The van der Waals surface area contributed by atoms with E-state index >= 15 is 0 Å². The average molecular weight is 298 g/mol. The zero-order valence-corrected chi connectivity index (χ0v) is 11.0. The van der Waals surface area contributed by atoms with Crippen LogP contribution in [0.15, 0.2) is 35.2 Å². The fourth-order valence-electron chi connectivity index (χ4n) is 1.64. The van der Waals surface area contributed by atoms with Gasteiger partial charge >= 0.3 is 0 Å². The van der Waals surface area contributed by atoms with E-state index in [1.165, 1.54) is 12.1 Å². The van der Waals surface area contributed by atoms with Crippen LogP contribution in [0.3, 0.4) is 0 Å². The van der Waals surface area contributed by atoms with Gasteiger partial charge in [-0.15, -0.1) is 0 Å². The van der Waals surface area contributed by atoms with Gasteiger partial charge in [-0.25, -0.2) is 9.37 Å². The van der Waals surface area contributed by atoms with Crippen LogP contribution < -0.4 is 5.73 Å². The molecule has 0 saturated heterocycles. The molecule has 0 amide bonds. The maximum absolute atomic E-state index is 13.3. The van der Waals surface area contributed by atoms with Crippen molar-refractivity contribution in [3.8, 4) is 0 Å². The van der Waals surface area contributed by atoms with Crippen molar-refractivity contribution in [2.75, 3.05) is 0 Å². The Morgan fingerprint density at radius 1 is 1.47 bits per heavy atom. The van der Waals surface area contributed by atoms with E-state index in [2.05, 4.69) is 20.9 Å². The zero-order valence-electron chi connectivity index (χ0n) is 9.40. The van der Waals surface area contributed by atoms with Crippen LogP contribution in [0.2, 0.25) is 0 Å². The van der Waals surface area contributed by atoms with Crippen LogP contribution in [0.1, 0.15) is 24.2 Å². The van der Waals surface area contributed by atoms with Gasteiger partial charge in [-0.2, -0.15) is 0 Å². The van der Waals surface area contributed by atoms with E-state index in [-0.39, 0.29) is 5.82 Å². The fraction of sp³-hybridized carbons (Fsp3) is 0.250. The summed E-state index contributed by atoms with van der Waals surface area (Å²) in [5, 5.41) is 0. The molecule has 17 heavy (non-hydrogen) atoms. The lowest BCUT2D eigenvalue weighted by molar-refractivity contribution is 0.622. The molecule has 0 spiro atoms. The second kappa shape index (κ2) is 4.98. The van der Waals surface area contributed by atoms with Crippen molar-refractivity contribution in [3.05, 3.63) is 52.3 Å². The minimum absolute atomic E-state index is 0.306. The quantitative estimate of drug-likeness (QED) is 0.947. The van der Waals surface area contributed by atoms with Gasteiger partial charge in [0, 0.05) is 17.2 Å². The van der Waals surface area contributed by atoms with Crippen LogP contribution in [0.25, 0.3) is 0 Å². The predicted molar refractivity (Wildman–Crippen MR) is 68.0 cm³/mol. The molecule has 0 aliphatic heterocycles. The molecule has 1 unspecified atom stereocenters. The second-order valence-electron chi connectivity index (χ2n) is 3.81. The predicted octanol–water partition coefficient (Wildman–Crippen LogP) is 2.85. The van der Waals surface area contributed by atoms with Gasteiger partial charge in [0.1, 0.15) is 5.82 Å². The van der Waals surface area contributed by atoms with Crippen LogP contribution >= 0.6 is 15.9 Å². The van der Waals surface area contributed by atoms with Gasteiger partial charge in [-0.3, -0.25) is 0 Å². The van der Waals surface area contributed by atoms with E-state index in [1.54, 1.807) is 12.4 Å². The summed E-state index contributed by atoms with van der Waals surface area (Å²) in [5.41, 5.74) is 7.51. The first-order chi connectivity index (χ1) is 8.10. The normalized spacial score (nSPS) is 12.7. The fourth-order valence-corrected chi connectivity index (χ4v) is 2.12. The van der Waals surface area contributed by atoms with E-state index in [0.717, 1.165) is 12.2 Å². The molecule has 0 aliphatic rings. The van der Waals surface area contributed by atoms with Crippen LogP contribution in [-0.2, 0) is 6.54 Å². The smallest absolute Gasteiger partial charge is 0.124 e. The molecular weight excluding hydrogens is 285 g/mol. The summed E-state index contributed by atoms with van der Waals surface area (Å²) < 4.78 is 15.9. The Bertz CT molecular complexity index is 504. The Kier molecular flexibility index (Phi) is 3.59. The Hall–Kier alpha value is -1.20. The third-order valence-corrected chi connectivity index (χ3v) is 3.04. The summed E-state index contributed by atoms with van der Waals surface area (Å²) in [5.74, 6) is -0.306. The van der Waals surface area contributed by atoms with Gasteiger partial charge in [-0.1, -0.05) is 15.9 Å². The highest BCUT2D eigenvalue weighted by Gasteiger charge is 2.13. The molecule has 1 atom stereocenters. The molecule has 0 aliphatic carbocycles. The number of hydrogen-bond acceptors (Lipinski definition) is 2. The molecule has 0 fully saturated rings. The van der Waals surface area contributed by atoms with Gasteiger partial charge in [0.05, 0.1) is 18.1 Å². The average Bonchev–Trinajstić information content (AvgIpc) is 2.75. The van der Waals surface area contributed by atoms with Crippen molar-refractivity contribution < 1.29 is 4.39 Å². The Morgan fingerprint density at radius 3 is 2.82 bits per heavy atom. The van der Waals surface area contributed by atoms with E-state index in [4.69, 9.17) is 5.73 Å². The summed E-state index contributed by atoms with van der Waals surface area (Å²) in [7, 11) is 0. The van der Waals surface area contributed by atoms with Gasteiger partial charge < -0.3 is 10.3 Å². The van der Waals surface area contributed by atoms with Crippen LogP contribution in [-0.4, -0.2) is 9.55 Å². The minimum atomic E-state index is -0.408. The van der Waals surface area contributed by atoms with Crippen LogP contribution in [0.5, 0.6) is 0 Å². The summed E-state index contributed by atoms with van der Waals surface area (Å²) in [6, 6.07) is 4.23. The van der Waals surface area contributed by atoms with E-state index < -0.39 is 6.04 Å². The largest absolute Gasteiger partial charge is 0.337 e. The number of benzene rings is 1. The van der Waals surface area contributed by atoms with E-state index in [9.17, 15) is 4.39 Å². The molecular formula is C12H13BrFN3. The highest BCUT2D eigenvalue weighted by atomic mass is 79.9. The Morgan fingerprint density at radius 2 is 2.24 bits per heavy atom. The first-order valence-electron chi connectivity index (χ1n) is 5.33. The molecule has 2 rings (SSSR count). The van der Waals surface area contributed by atoms with E-state index in [0.29, 0.717) is 10.0 Å². The third-order valence-electron chi connectivity index (χ3n) is 2.58. The maximum atomic E-state index is 13.3. The number of nitrogens with two attached hydrogens (primary N) is 1. The lowest BCUT2D eigenvalue weighted by atomic mass is 10.1. The Balaban J connectivity index is 2.32. The van der Waals surface area contributed by atoms with Crippen molar-refractivity contribution in [1.29, 1.82) is 0 Å². The number of imidazole rings is 1. The van der Waals surface area contributed by atoms with Crippen LogP contribution in [0.4, 0.5) is 4.39 Å². The lowest BCUT2D eigenvalue weighted by Gasteiger charge is -2.10. The molecule has 2 N–H and O–H groups in total. The lowest BCUT2D eigenvalue weighted by Crippen LogP contribution is -2.12. The molecule has 0 radical (unpaired) electrons. The maximum Gasteiger partial charge on any atom is 0.124 e. The SMILES string of the molecule is CCn1cnc(C(N)c2cc(F)cc(Br)c2)c1. The summed E-state index contributed by atoms with van der Waals surface area (Å²) in [6.07, 6.45) is 3.60. The molecule has 0 bridgehead atoms. The number of aryl methyl sites for hydroxylation is 1. The summed E-state index contributed by atoms with van der Waals surface area (Å²) >= 11 is 3.25.